The first-order valence-electron chi connectivity index (χ1n) is 7.60. The van der Waals surface area contributed by atoms with E-state index < -0.39 is 0 Å². The van der Waals surface area contributed by atoms with Crippen LogP contribution < -0.4 is 5.56 Å². The summed E-state index contributed by atoms with van der Waals surface area (Å²) < 4.78 is 3.26. The van der Waals surface area contributed by atoms with E-state index in [1.165, 1.54) is 15.3 Å². The molecule has 2 heterocycles. The molecule has 3 rings (SSSR count). The quantitative estimate of drug-likeness (QED) is 0.563. The molecule has 2 N–H and O–H groups in total. The highest BCUT2D eigenvalue weighted by atomic mass is 32.1. The van der Waals surface area contributed by atoms with Gasteiger partial charge in [0.15, 0.2) is 4.77 Å². The van der Waals surface area contributed by atoms with Gasteiger partial charge in [0.05, 0.1) is 17.4 Å². The molecule has 2 aromatic heterocycles. The molecule has 0 fully saturated rings. The van der Waals surface area contributed by atoms with Crippen LogP contribution in [-0.4, -0.2) is 30.7 Å². The first kappa shape index (κ1) is 16.1. The molecule has 0 saturated carbocycles. The Kier molecular flexibility index (Phi) is 4.30. The number of benzene rings is 1. The van der Waals surface area contributed by atoms with Crippen LogP contribution in [0.2, 0.25) is 0 Å². The maximum atomic E-state index is 12.5. The van der Waals surface area contributed by atoms with Crippen molar-refractivity contribution in [3.63, 3.8) is 0 Å². The lowest BCUT2D eigenvalue weighted by atomic mass is 10.2. The van der Waals surface area contributed by atoms with Crippen LogP contribution in [0.25, 0.3) is 10.9 Å². The number of aromatic amines is 1. The van der Waals surface area contributed by atoms with E-state index in [9.17, 15) is 9.90 Å². The van der Waals surface area contributed by atoms with E-state index in [2.05, 4.69) is 15.2 Å². The molecule has 1 aromatic carbocycles. The molecule has 0 spiro atoms. The molecule has 124 valence electrons. The van der Waals surface area contributed by atoms with Gasteiger partial charge in [-0.15, -0.1) is 0 Å². The van der Waals surface area contributed by atoms with Crippen LogP contribution in [-0.2, 0) is 13.1 Å². The van der Waals surface area contributed by atoms with Gasteiger partial charge >= 0.3 is 0 Å². The molecule has 0 bridgehead atoms. The maximum absolute atomic E-state index is 12.5. The van der Waals surface area contributed by atoms with Crippen LogP contribution in [0.4, 0.5) is 5.69 Å². The van der Waals surface area contributed by atoms with Gasteiger partial charge in [0.1, 0.15) is 5.56 Å². The number of aliphatic imine (C=N–C) groups is 1. The molecular weight excluding hydrogens is 326 g/mol. The first-order chi connectivity index (χ1) is 11.6. The molecule has 0 aliphatic heterocycles. The van der Waals surface area contributed by atoms with Crippen molar-refractivity contribution in [1.82, 2.24) is 19.3 Å². The molecule has 0 saturated heterocycles. The average molecular weight is 343 g/mol. The Balaban J connectivity index is 2.11. The molecule has 3 aromatic rings. The highest BCUT2D eigenvalue weighted by molar-refractivity contribution is 7.71. The van der Waals surface area contributed by atoms with Crippen molar-refractivity contribution >= 4 is 35.0 Å². The number of aromatic nitrogens is 4. The second-order valence-corrected chi connectivity index (χ2v) is 5.58. The lowest BCUT2D eigenvalue weighted by molar-refractivity contribution is 0.399. The van der Waals surface area contributed by atoms with Crippen molar-refractivity contribution in [2.24, 2.45) is 4.99 Å². The van der Waals surface area contributed by atoms with E-state index in [4.69, 9.17) is 12.2 Å². The van der Waals surface area contributed by atoms with E-state index in [1.54, 1.807) is 6.20 Å². The minimum Gasteiger partial charge on any atom is -0.494 e. The maximum Gasteiger partial charge on any atom is 0.267 e. The monoisotopic (exact) mass is 343 g/mol. The summed E-state index contributed by atoms with van der Waals surface area (Å²) in [5.41, 5.74) is 1.35. The van der Waals surface area contributed by atoms with Crippen LogP contribution in [0, 0.1) is 4.77 Å². The summed E-state index contributed by atoms with van der Waals surface area (Å²) in [6.45, 7) is 4.59. The van der Waals surface area contributed by atoms with Gasteiger partial charge in [0, 0.05) is 24.7 Å². The number of hydrogen-bond acceptors (Lipinski definition) is 5. The highest BCUT2D eigenvalue weighted by Gasteiger charge is 2.13. The van der Waals surface area contributed by atoms with E-state index >= 15 is 0 Å². The standard InChI is InChI=1S/C16H17N5O2S/c1-3-20-14(22)12(15(23)21(4-2)16(20)24)9-17-11-5-6-13-10(7-11)8-18-19-13/h5-9,22H,3-4H2,1-2H3,(H,18,19). The minimum atomic E-state index is -0.349. The molecule has 7 nitrogen and oxygen atoms in total. The van der Waals surface area contributed by atoms with Crippen LogP contribution in [0.5, 0.6) is 5.88 Å². The van der Waals surface area contributed by atoms with E-state index in [0.29, 0.717) is 23.5 Å². The molecule has 0 aliphatic carbocycles. The SMILES string of the molecule is CCn1c(O)c(C=Nc2ccc3[nH]ncc3c2)c(=O)n(CC)c1=S. The van der Waals surface area contributed by atoms with Gasteiger partial charge in [-0.3, -0.25) is 24.0 Å². The Morgan fingerprint density at radius 2 is 2.08 bits per heavy atom. The molecule has 24 heavy (non-hydrogen) atoms. The topological polar surface area (TPSA) is 88.2 Å². The third-order valence-corrected chi connectivity index (χ3v) is 4.27. The number of rotatable bonds is 4. The molecular formula is C16H17N5O2S. The third-order valence-electron chi connectivity index (χ3n) is 3.83. The summed E-state index contributed by atoms with van der Waals surface area (Å²) in [5, 5.41) is 18.1. The third kappa shape index (κ3) is 2.65. The molecule has 0 aliphatic rings. The lowest BCUT2D eigenvalue weighted by Gasteiger charge is -2.13. The van der Waals surface area contributed by atoms with Crippen molar-refractivity contribution in [3.8, 4) is 5.88 Å². The van der Waals surface area contributed by atoms with Gasteiger partial charge in [-0.25, -0.2) is 0 Å². The summed E-state index contributed by atoms with van der Waals surface area (Å²) in [7, 11) is 0. The fraction of sp³-hybridized carbons (Fsp3) is 0.250. The Labute approximate surface area is 142 Å². The second-order valence-electron chi connectivity index (χ2n) is 5.21. The zero-order valence-corrected chi connectivity index (χ0v) is 14.2. The molecule has 0 radical (unpaired) electrons. The summed E-state index contributed by atoms with van der Waals surface area (Å²) in [6.07, 6.45) is 3.08. The Bertz CT molecular complexity index is 1040. The second kappa shape index (κ2) is 6.40. The summed E-state index contributed by atoms with van der Waals surface area (Å²) in [6, 6.07) is 5.51. The smallest absolute Gasteiger partial charge is 0.267 e. The zero-order chi connectivity index (χ0) is 17.3. The fourth-order valence-electron chi connectivity index (χ4n) is 2.54. The van der Waals surface area contributed by atoms with Gasteiger partial charge < -0.3 is 5.11 Å². The van der Waals surface area contributed by atoms with Gasteiger partial charge in [0.25, 0.3) is 5.56 Å². The normalized spacial score (nSPS) is 11.6. The summed E-state index contributed by atoms with van der Waals surface area (Å²) in [4.78, 5) is 16.8. The van der Waals surface area contributed by atoms with Crippen molar-refractivity contribution < 1.29 is 5.11 Å². The fourth-order valence-corrected chi connectivity index (χ4v) is 2.96. The van der Waals surface area contributed by atoms with E-state index in [1.807, 2.05) is 32.0 Å². The Hall–Kier alpha value is -2.74. The van der Waals surface area contributed by atoms with Gasteiger partial charge in [-0.2, -0.15) is 5.10 Å². The number of fused-ring (bicyclic) bond motifs is 1. The first-order valence-corrected chi connectivity index (χ1v) is 8.01. The molecule has 0 amide bonds. The van der Waals surface area contributed by atoms with E-state index in [0.717, 1.165) is 10.9 Å². The van der Waals surface area contributed by atoms with Crippen LogP contribution in [0.15, 0.2) is 34.2 Å². The minimum absolute atomic E-state index is 0.125. The van der Waals surface area contributed by atoms with Gasteiger partial charge in [-0.05, 0) is 44.3 Å². The molecule has 0 unspecified atom stereocenters. The highest BCUT2D eigenvalue weighted by Crippen LogP contribution is 2.20. The van der Waals surface area contributed by atoms with Crippen molar-refractivity contribution in [2.75, 3.05) is 0 Å². The van der Waals surface area contributed by atoms with Crippen molar-refractivity contribution in [2.45, 2.75) is 26.9 Å². The number of nitrogens with zero attached hydrogens (tertiary/aromatic N) is 4. The zero-order valence-electron chi connectivity index (χ0n) is 13.4. The predicted octanol–water partition coefficient (Wildman–Crippen LogP) is 2.75. The molecule has 8 heteroatoms. The average Bonchev–Trinajstić information content (AvgIpc) is 3.03. The van der Waals surface area contributed by atoms with Gasteiger partial charge in [0.2, 0.25) is 5.88 Å². The number of hydrogen-bond donors (Lipinski definition) is 2. The van der Waals surface area contributed by atoms with Crippen molar-refractivity contribution in [1.29, 1.82) is 0 Å². The number of nitrogens with one attached hydrogen (secondary N) is 1. The molecule has 0 atom stereocenters. The Morgan fingerprint density at radius 1 is 1.33 bits per heavy atom. The van der Waals surface area contributed by atoms with Crippen LogP contribution >= 0.6 is 12.2 Å². The lowest BCUT2D eigenvalue weighted by Crippen LogP contribution is -2.27. The summed E-state index contributed by atoms with van der Waals surface area (Å²) >= 11 is 5.26. The Morgan fingerprint density at radius 3 is 2.79 bits per heavy atom. The van der Waals surface area contributed by atoms with E-state index in [-0.39, 0.29) is 17.0 Å². The van der Waals surface area contributed by atoms with Gasteiger partial charge in [-0.1, -0.05) is 0 Å². The van der Waals surface area contributed by atoms with Crippen LogP contribution in [0.3, 0.4) is 0 Å². The van der Waals surface area contributed by atoms with Crippen LogP contribution in [0.1, 0.15) is 19.4 Å². The predicted molar refractivity (Wildman–Crippen MR) is 95.9 cm³/mol. The summed E-state index contributed by atoms with van der Waals surface area (Å²) in [5.74, 6) is -0.162. The largest absolute Gasteiger partial charge is 0.494 e. The number of H-pyrrole nitrogens is 1. The van der Waals surface area contributed by atoms with Crippen molar-refractivity contribution in [3.05, 3.63) is 45.1 Å². The number of aromatic hydroxyl groups is 1.